The van der Waals surface area contributed by atoms with E-state index in [-0.39, 0.29) is 50.7 Å². The van der Waals surface area contributed by atoms with Gasteiger partial charge in [-0.3, -0.25) is 43.2 Å². The van der Waals surface area contributed by atoms with Crippen LogP contribution in [0.3, 0.4) is 0 Å². The van der Waals surface area contributed by atoms with Gasteiger partial charge in [-0.2, -0.15) is 0 Å². The van der Waals surface area contributed by atoms with Crippen molar-refractivity contribution in [1.29, 1.82) is 0 Å². The predicted octanol–water partition coefficient (Wildman–Crippen LogP) is -1.96. The highest BCUT2D eigenvalue weighted by Gasteiger charge is 2.47. The Hall–Kier alpha value is -5.42. The van der Waals surface area contributed by atoms with Crippen molar-refractivity contribution in [2.75, 3.05) is 39.3 Å². The van der Waals surface area contributed by atoms with Crippen molar-refractivity contribution in [3.05, 3.63) is 0 Å². The van der Waals surface area contributed by atoms with Crippen LogP contribution in [0.4, 0.5) is 0 Å². The Balaban J connectivity index is 1.43. The number of hydrogen-bond acceptors (Lipinski definition) is 13. The molecule has 23 heteroatoms. The second kappa shape index (κ2) is 26.7. The van der Waals surface area contributed by atoms with Gasteiger partial charge in [0.1, 0.15) is 54.4 Å². The van der Waals surface area contributed by atoms with Crippen molar-refractivity contribution >= 4 is 59.1 Å². The van der Waals surface area contributed by atoms with Gasteiger partial charge in [0, 0.05) is 26.2 Å². The van der Waals surface area contributed by atoms with Crippen molar-refractivity contribution in [2.45, 2.75) is 185 Å². The third-order valence-electron chi connectivity index (χ3n) is 13.5. The van der Waals surface area contributed by atoms with E-state index >= 15 is 0 Å². The molecule has 4 saturated heterocycles. The Labute approximate surface area is 410 Å². The van der Waals surface area contributed by atoms with Crippen LogP contribution < -0.4 is 38.1 Å². The number of carboxylic acids is 1. The van der Waals surface area contributed by atoms with Gasteiger partial charge < -0.3 is 67.9 Å². The summed E-state index contributed by atoms with van der Waals surface area (Å²) in [6, 6.07) is -10.6. The molecule has 4 fully saturated rings. The van der Waals surface area contributed by atoms with Gasteiger partial charge in [-0.25, -0.2) is 4.79 Å². The highest BCUT2D eigenvalue weighted by atomic mass is 16.4. The molecule has 394 valence electrons. The molecule has 9 amide bonds. The molecule has 0 aliphatic carbocycles. The molecule has 0 aromatic carbocycles. The van der Waals surface area contributed by atoms with Crippen LogP contribution in [0, 0.1) is 11.8 Å². The van der Waals surface area contributed by atoms with Gasteiger partial charge in [-0.1, -0.05) is 27.7 Å². The van der Waals surface area contributed by atoms with Crippen LogP contribution in [-0.4, -0.2) is 189 Å². The molecule has 11 N–H and O–H groups in total. The average molecular weight is 990 g/mol. The summed E-state index contributed by atoms with van der Waals surface area (Å²) in [4.78, 5) is 141. The summed E-state index contributed by atoms with van der Waals surface area (Å²) in [7, 11) is 0. The molecular weight excluding hydrogens is 911 g/mol. The van der Waals surface area contributed by atoms with E-state index in [0.717, 1.165) is 0 Å². The third-order valence-corrected chi connectivity index (χ3v) is 13.5. The largest absolute Gasteiger partial charge is 0.480 e. The van der Waals surface area contributed by atoms with Gasteiger partial charge in [0.05, 0.1) is 12.6 Å². The number of hydrogen-bond donors (Lipinski definition) is 9. The Morgan fingerprint density at radius 1 is 0.529 bits per heavy atom. The average Bonchev–Trinajstić information content (AvgIpc) is 4.16. The van der Waals surface area contributed by atoms with Crippen LogP contribution in [0.5, 0.6) is 0 Å². The summed E-state index contributed by atoms with van der Waals surface area (Å²) >= 11 is 0. The molecular formula is C47H79N11O12. The summed E-state index contributed by atoms with van der Waals surface area (Å²) in [6.45, 7) is 10.8. The van der Waals surface area contributed by atoms with Crippen molar-refractivity contribution in [2.24, 2.45) is 23.3 Å². The maximum Gasteiger partial charge on any atom is 0.326 e. The molecule has 0 aromatic rings. The van der Waals surface area contributed by atoms with E-state index in [0.29, 0.717) is 77.3 Å². The summed E-state index contributed by atoms with van der Waals surface area (Å²) < 4.78 is 0. The molecule has 0 spiro atoms. The number of aliphatic carboxylic acids is 1. The monoisotopic (exact) mass is 990 g/mol. The van der Waals surface area contributed by atoms with Crippen LogP contribution >= 0.6 is 0 Å². The minimum Gasteiger partial charge on any atom is -0.480 e. The lowest BCUT2D eigenvalue weighted by atomic mass is 10.0. The number of carbonyl (C=O) groups excluding carboxylic acids is 9. The predicted molar refractivity (Wildman–Crippen MR) is 254 cm³/mol. The first-order chi connectivity index (χ1) is 33.1. The molecule has 23 nitrogen and oxygen atoms in total. The van der Waals surface area contributed by atoms with Gasteiger partial charge in [0.25, 0.3) is 0 Å². The molecule has 0 aromatic heterocycles. The number of rotatable bonds is 24. The molecule has 10 atom stereocenters. The van der Waals surface area contributed by atoms with Crippen molar-refractivity contribution < 1.29 is 58.2 Å². The second-order valence-electron chi connectivity index (χ2n) is 20.1. The van der Waals surface area contributed by atoms with E-state index in [1.165, 1.54) is 33.4 Å². The van der Waals surface area contributed by atoms with E-state index in [1.54, 1.807) is 0 Å². The number of unbranched alkanes of at least 4 members (excludes halogenated alkanes) is 1. The van der Waals surface area contributed by atoms with Crippen LogP contribution in [0.15, 0.2) is 0 Å². The smallest absolute Gasteiger partial charge is 0.326 e. The molecule has 0 unspecified atom stereocenters. The van der Waals surface area contributed by atoms with Gasteiger partial charge in [-0.05, 0) is 116 Å². The molecule has 4 aliphatic rings. The maximum absolute atomic E-state index is 14.5. The molecule has 0 radical (unpaired) electrons. The zero-order chi connectivity index (χ0) is 52.0. The zero-order valence-electron chi connectivity index (χ0n) is 41.8. The Kier molecular flexibility index (Phi) is 21.8. The number of nitrogens with one attached hydrogen (secondary N) is 5. The Morgan fingerprint density at radius 2 is 0.957 bits per heavy atom. The summed E-state index contributed by atoms with van der Waals surface area (Å²) in [5, 5.41) is 32.9. The zero-order valence-corrected chi connectivity index (χ0v) is 41.8. The van der Waals surface area contributed by atoms with Crippen molar-refractivity contribution in [1.82, 2.24) is 46.2 Å². The van der Waals surface area contributed by atoms with Crippen molar-refractivity contribution in [3.63, 3.8) is 0 Å². The number of nitrogens with zero attached hydrogens (tertiary/aromatic N) is 4. The van der Waals surface area contributed by atoms with Crippen molar-refractivity contribution in [3.8, 4) is 0 Å². The fraction of sp³-hybridized carbons (Fsp3) is 0.787. The lowest BCUT2D eigenvalue weighted by molar-refractivity contribution is -0.151. The standard InChI is InChI=1S/C47H79N11O12/c1-26(2)23-31(52-39(61)30(13-7-8-18-48)51-40(62)33(25-59)54-38(60)29(6)50-41(63)34-14-9-19-55(34)43(65)28(5)49)44(66)57-21-11-16-36(57)46(68)58-22-12-17-37(58)45(67)56-20-10-15-35(56)42(64)53-32(47(69)70)24-27(3)4/h26-37,59H,7-25,48-49H2,1-6H3,(H,50,63)(H,51,62)(H,52,61)(H,53,64)(H,54,60)(H,69,70)/t28-,29-,30-,31-,32-,33-,34-,35-,36-,37-/m0/s1. The Morgan fingerprint density at radius 3 is 1.47 bits per heavy atom. The summed E-state index contributed by atoms with van der Waals surface area (Å²) in [6.07, 6.45) is 4.82. The quantitative estimate of drug-likeness (QED) is 0.0475. The van der Waals surface area contributed by atoms with E-state index in [9.17, 15) is 58.2 Å². The molecule has 70 heavy (non-hydrogen) atoms. The highest BCUT2D eigenvalue weighted by molar-refractivity contribution is 5.99. The van der Waals surface area contributed by atoms with Crippen LogP contribution in [0.25, 0.3) is 0 Å². The van der Waals surface area contributed by atoms with Gasteiger partial charge in [0.15, 0.2) is 0 Å². The van der Waals surface area contributed by atoms with E-state index in [1.807, 2.05) is 27.7 Å². The first-order valence-electron chi connectivity index (χ1n) is 25.1. The molecule has 4 aliphatic heterocycles. The van der Waals surface area contributed by atoms with Gasteiger partial charge >= 0.3 is 5.97 Å². The molecule has 0 saturated carbocycles. The van der Waals surface area contributed by atoms with E-state index < -0.39 is 126 Å². The number of aliphatic hydroxyl groups excluding tert-OH is 1. The van der Waals surface area contributed by atoms with Crippen LogP contribution in [-0.2, 0) is 47.9 Å². The Bertz CT molecular complexity index is 1900. The van der Waals surface area contributed by atoms with E-state index in [4.69, 9.17) is 11.5 Å². The maximum atomic E-state index is 14.5. The number of amides is 9. The second-order valence-corrected chi connectivity index (χ2v) is 20.1. The number of carbonyl (C=O) groups is 10. The summed E-state index contributed by atoms with van der Waals surface area (Å²) in [5.74, 6) is -6.60. The third kappa shape index (κ3) is 15.0. The SMILES string of the molecule is CC(C)C[C@H](NC(=O)[C@@H]1CCCN1C(=O)[C@@H]1CCCN1C(=O)[C@@H]1CCCN1C(=O)[C@H](CC(C)C)NC(=O)[C@H](CCCCN)NC(=O)[C@H](CO)NC(=O)[C@H](C)NC(=O)[C@@H]1CCCN1C(=O)[C@H](C)N)C(=O)O. The summed E-state index contributed by atoms with van der Waals surface area (Å²) in [5.41, 5.74) is 11.5. The minimum absolute atomic E-state index is 0.0000269. The topological polar surface area (TPSA) is 336 Å². The van der Waals surface area contributed by atoms with Gasteiger partial charge in [-0.15, -0.1) is 0 Å². The minimum atomic E-state index is -1.54. The fourth-order valence-electron chi connectivity index (χ4n) is 9.85. The molecule has 4 heterocycles. The van der Waals surface area contributed by atoms with E-state index in [2.05, 4.69) is 26.6 Å². The van der Waals surface area contributed by atoms with Gasteiger partial charge in [0.2, 0.25) is 53.2 Å². The number of carboxylic acid groups (broad SMARTS) is 1. The van der Waals surface area contributed by atoms with Crippen LogP contribution in [0.2, 0.25) is 0 Å². The first kappa shape index (κ1) is 57.2. The molecule has 0 bridgehead atoms. The first-order valence-corrected chi connectivity index (χ1v) is 25.1. The lowest BCUT2D eigenvalue weighted by Crippen LogP contribution is -2.60. The lowest BCUT2D eigenvalue weighted by Gasteiger charge is -2.35. The molecule has 4 rings (SSSR count). The fourth-order valence-corrected chi connectivity index (χ4v) is 9.85. The number of nitrogens with two attached hydrogens (primary N) is 2. The highest BCUT2D eigenvalue weighted by Crippen LogP contribution is 2.29. The normalized spacial score (nSPS) is 22.8. The number of likely N-dealkylation sites (tertiary alicyclic amines) is 4. The number of aliphatic hydroxyl groups is 1. The van der Waals surface area contributed by atoms with Crippen LogP contribution in [0.1, 0.15) is 125 Å².